The van der Waals surface area contributed by atoms with Gasteiger partial charge in [-0.2, -0.15) is 4.31 Å². The first-order chi connectivity index (χ1) is 16.5. The van der Waals surface area contributed by atoms with Crippen molar-refractivity contribution in [2.75, 3.05) is 36.8 Å². The molecule has 0 spiro atoms. The number of sulfonamides is 2. The second-order valence-corrected chi connectivity index (χ2v) is 12.1. The molecule has 2 aromatic carbocycles. The van der Waals surface area contributed by atoms with Crippen molar-refractivity contribution in [3.05, 3.63) is 54.3 Å². The first-order valence-electron chi connectivity index (χ1n) is 11.3. The molecule has 1 fully saturated rings. The summed E-state index contributed by atoms with van der Waals surface area (Å²) in [5.41, 5.74) is 0.174. The number of carbonyl (C=O) groups is 1. The van der Waals surface area contributed by atoms with Crippen LogP contribution >= 0.6 is 0 Å². The monoisotopic (exact) mass is 527 g/mol. The Morgan fingerprint density at radius 3 is 2.20 bits per heavy atom. The molecule has 9 nitrogen and oxygen atoms in total. The summed E-state index contributed by atoms with van der Waals surface area (Å²) in [7, 11) is -7.33. The zero-order valence-corrected chi connectivity index (χ0v) is 21.3. The molecule has 1 heterocycles. The van der Waals surface area contributed by atoms with Gasteiger partial charge in [0.2, 0.25) is 26.0 Å². The summed E-state index contributed by atoms with van der Waals surface area (Å²) in [5, 5.41) is 2.62. The number of hydrogen-bond donors (Lipinski definition) is 1. The van der Waals surface area contributed by atoms with Crippen molar-refractivity contribution in [2.24, 2.45) is 0 Å². The van der Waals surface area contributed by atoms with Crippen molar-refractivity contribution in [3.63, 3.8) is 0 Å². The predicted octanol–water partition coefficient (Wildman–Crippen LogP) is 2.35. The third-order valence-corrected chi connectivity index (χ3v) is 8.77. The van der Waals surface area contributed by atoms with Gasteiger partial charge in [-0.05, 0) is 68.3 Å². The van der Waals surface area contributed by atoms with Crippen molar-refractivity contribution >= 4 is 31.6 Å². The maximum absolute atomic E-state index is 13.2. The molecule has 0 radical (unpaired) electrons. The van der Waals surface area contributed by atoms with E-state index in [1.54, 1.807) is 12.1 Å². The van der Waals surface area contributed by atoms with Gasteiger partial charge in [0.15, 0.2) is 0 Å². The van der Waals surface area contributed by atoms with Gasteiger partial charge in [-0.25, -0.2) is 21.2 Å². The Hall–Kier alpha value is -2.70. The van der Waals surface area contributed by atoms with E-state index in [1.807, 2.05) is 0 Å². The number of nitrogens with one attached hydrogen (secondary N) is 1. The van der Waals surface area contributed by atoms with Crippen LogP contribution in [0.25, 0.3) is 0 Å². The second kappa shape index (κ2) is 11.4. The minimum absolute atomic E-state index is 0.0894. The summed E-state index contributed by atoms with van der Waals surface area (Å²) in [6, 6.07) is 9.84. The van der Waals surface area contributed by atoms with Crippen LogP contribution in [0.5, 0.6) is 5.75 Å². The van der Waals surface area contributed by atoms with Crippen molar-refractivity contribution in [1.29, 1.82) is 0 Å². The Morgan fingerprint density at radius 2 is 1.63 bits per heavy atom. The van der Waals surface area contributed by atoms with Gasteiger partial charge < -0.3 is 10.1 Å². The molecule has 35 heavy (non-hydrogen) atoms. The summed E-state index contributed by atoms with van der Waals surface area (Å²) in [6.07, 6.45) is 3.72. The van der Waals surface area contributed by atoms with Crippen LogP contribution in [0.15, 0.2) is 53.4 Å². The van der Waals surface area contributed by atoms with Crippen molar-refractivity contribution in [1.82, 2.24) is 9.62 Å². The van der Waals surface area contributed by atoms with Crippen LogP contribution < -0.4 is 14.4 Å². The van der Waals surface area contributed by atoms with Crippen LogP contribution in [0.2, 0.25) is 0 Å². The highest BCUT2D eigenvalue weighted by Crippen LogP contribution is 2.23. The number of anilines is 1. The molecule has 3 rings (SSSR count). The number of carbonyl (C=O) groups excluding carboxylic acids is 1. The fourth-order valence-corrected chi connectivity index (χ4v) is 6.54. The van der Waals surface area contributed by atoms with E-state index in [-0.39, 0.29) is 23.7 Å². The average molecular weight is 528 g/mol. The first kappa shape index (κ1) is 26.9. The van der Waals surface area contributed by atoms with Gasteiger partial charge in [-0.1, -0.05) is 6.42 Å². The van der Waals surface area contributed by atoms with Crippen molar-refractivity contribution < 1.29 is 30.8 Å². The predicted molar refractivity (Wildman–Crippen MR) is 131 cm³/mol. The minimum Gasteiger partial charge on any atom is -0.492 e. The molecule has 1 unspecified atom stereocenters. The van der Waals surface area contributed by atoms with Crippen LogP contribution in [0.3, 0.4) is 0 Å². The SMILES string of the molecule is CC(C(=O)NCCOc1ccc(S(=O)(=O)N2CCCCC2)cc1)N(c1ccc(F)cc1)S(C)(=O)=O. The van der Waals surface area contributed by atoms with Crippen LogP contribution in [-0.4, -0.2) is 65.6 Å². The van der Waals surface area contributed by atoms with Crippen LogP contribution in [-0.2, 0) is 24.8 Å². The molecule has 0 bridgehead atoms. The minimum atomic E-state index is -3.81. The Labute approximate surface area is 206 Å². The average Bonchev–Trinajstić information content (AvgIpc) is 2.83. The zero-order chi connectivity index (χ0) is 25.6. The molecule has 12 heteroatoms. The molecular formula is C23H30FN3O6S2. The number of ether oxygens (including phenoxy) is 1. The smallest absolute Gasteiger partial charge is 0.243 e. The molecule has 1 aliphatic heterocycles. The maximum atomic E-state index is 13.2. The highest BCUT2D eigenvalue weighted by Gasteiger charge is 2.29. The third kappa shape index (κ3) is 6.92. The summed E-state index contributed by atoms with van der Waals surface area (Å²) in [6.45, 7) is 2.67. The quantitative estimate of drug-likeness (QED) is 0.475. The van der Waals surface area contributed by atoms with Gasteiger partial charge >= 0.3 is 0 Å². The van der Waals surface area contributed by atoms with E-state index in [4.69, 9.17) is 4.74 Å². The summed E-state index contributed by atoms with van der Waals surface area (Å²) in [4.78, 5) is 12.8. The van der Waals surface area contributed by atoms with Gasteiger partial charge in [0.1, 0.15) is 24.2 Å². The Kier molecular flexibility index (Phi) is 8.73. The molecule has 192 valence electrons. The van der Waals surface area contributed by atoms with E-state index in [0.29, 0.717) is 18.8 Å². The van der Waals surface area contributed by atoms with Crippen molar-refractivity contribution in [2.45, 2.75) is 37.1 Å². The molecule has 1 atom stereocenters. The van der Waals surface area contributed by atoms with Crippen molar-refractivity contribution in [3.8, 4) is 5.75 Å². The Balaban J connectivity index is 1.53. The summed E-state index contributed by atoms with van der Waals surface area (Å²) in [5.74, 6) is -0.631. The number of amides is 1. The van der Waals surface area contributed by atoms with E-state index in [1.165, 1.54) is 35.5 Å². The Morgan fingerprint density at radius 1 is 1.03 bits per heavy atom. The highest BCUT2D eigenvalue weighted by atomic mass is 32.2. The molecule has 1 amide bonds. The number of nitrogens with zero attached hydrogens (tertiary/aromatic N) is 2. The third-order valence-electron chi connectivity index (χ3n) is 5.62. The lowest BCUT2D eigenvalue weighted by Crippen LogP contribution is -2.48. The molecule has 0 aromatic heterocycles. The van der Waals surface area contributed by atoms with E-state index in [2.05, 4.69) is 5.32 Å². The van der Waals surface area contributed by atoms with Gasteiger partial charge in [0.25, 0.3) is 0 Å². The topological polar surface area (TPSA) is 113 Å². The van der Waals surface area contributed by atoms with E-state index >= 15 is 0 Å². The van der Waals surface area contributed by atoms with E-state index < -0.39 is 37.8 Å². The lowest BCUT2D eigenvalue weighted by Gasteiger charge is -2.28. The van der Waals surface area contributed by atoms with Crippen LogP contribution in [0.4, 0.5) is 10.1 Å². The number of halogens is 1. The first-order valence-corrected chi connectivity index (χ1v) is 14.5. The van der Waals surface area contributed by atoms with E-state index in [0.717, 1.165) is 42.0 Å². The summed E-state index contributed by atoms with van der Waals surface area (Å²) < 4.78 is 71.2. The number of piperidine rings is 1. The zero-order valence-electron chi connectivity index (χ0n) is 19.7. The molecule has 0 aliphatic carbocycles. The number of hydrogen-bond acceptors (Lipinski definition) is 6. The number of benzene rings is 2. The van der Waals surface area contributed by atoms with Crippen LogP contribution in [0, 0.1) is 5.82 Å². The molecule has 1 saturated heterocycles. The molecule has 1 N–H and O–H groups in total. The van der Waals surface area contributed by atoms with E-state index in [9.17, 15) is 26.0 Å². The van der Waals surface area contributed by atoms with Gasteiger partial charge in [0.05, 0.1) is 23.4 Å². The largest absolute Gasteiger partial charge is 0.492 e. The Bertz CT molecular complexity index is 1210. The standard InChI is InChI=1S/C23H30FN3O6S2/c1-18(27(34(2,29)30)20-8-6-19(24)7-9-20)23(28)25-14-17-33-21-10-12-22(13-11-21)35(31,32)26-15-4-3-5-16-26/h6-13,18H,3-5,14-17H2,1-2H3,(H,25,28). The maximum Gasteiger partial charge on any atom is 0.243 e. The normalized spacial score (nSPS) is 15.9. The fourth-order valence-electron chi connectivity index (χ4n) is 3.85. The fraction of sp³-hybridized carbons (Fsp3) is 0.435. The van der Waals surface area contributed by atoms with Crippen LogP contribution in [0.1, 0.15) is 26.2 Å². The van der Waals surface area contributed by atoms with Gasteiger partial charge in [-0.3, -0.25) is 9.10 Å². The molecule has 1 aliphatic rings. The molecule has 2 aromatic rings. The highest BCUT2D eigenvalue weighted by molar-refractivity contribution is 7.92. The summed E-state index contributed by atoms with van der Waals surface area (Å²) >= 11 is 0. The lowest BCUT2D eigenvalue weighted by atomic mass is 10.2. The second-order valence-electron chi connectivity index (χ2n) is 8.29. The van der Waals surface area contributed by atoms with Gasteiger partial charge in [-0.15, -0.1) is 0 Å². The molecule has 0 saturated carbocycles. The molecular weight excluding hydrogens is 497 g/mol. The van der Waals surface area contributed by atoms with Gasteiger partial charge in [0, 0.05) is 13.1 Å². The lowest BCUT2D eigenvalue weighted by molar-refractivity contribution is -0.121. The number of rotatable bonds is 10.